The van der Waals surface area contributed by atoms with E-state index in [-0.39, 0.29) is 11.4 Å². The maximum absolute atomic E-state index is 13.5. The van der Waals surface area contributed by atoms with Crippen LogP contribution in [0.1, 0.15) is 50.9 Å². The third-order valence-corrected chi connectivity index (χ3v) is 4.68. The van der Waals surface area contributed by atoms with E-state index >= 15 is 0 Å². The number of hydrogen-bond acceptors (Lipinski definition) is 2. The van der Waals surface area contributed by atoms with Crippen LogP contribution in [0.15, 0.2) is 18.2 Å². The largest absolute Gasteiger partial charge is 0.323 e. The van der Waals surface area contributed by atoms with Crippen LogP contribution in [0, 0.1) is 5.82 Å². The monoisotopic (exact) mass is 273 g/mol. The minimum Gasteiger partial charge on any atom is -0.323 e. The van der Waals surface area contributed by atoms with E-state index in [0.717, 1.165) is 29.8 Å². The van der Waals surface area contributed by atoms with E-state index in [1.807, 2.05) is 6.07 Å². The lowest BCUT2D eigenvalue weighted by Crippen LogP contribution is -2.45. The van der Waals surface area contributed by atoms with Crippen molar-refractivity contribution in [1.29, 1.82) is 0 Å². The van der Waals surface area contributed by atoms with Gasteiger partial charge in [-0.2, -0.15) is 0 Å². The molecule has 3 nitrogen and oxygen atoms in total. The number of nitrogens with one attached hydrogen (secondary N) is 1. The number of fused-ring (bicyclic) bond motifs is 1. The third-order valence-electron chi connectivity index (χ3n) is 4.68. The van der Waals surface area contributed by atoms with Crippen LogP contribution in [0.2, 0.25) is 0 Å². The van der Waals surface area contributed by atoms with E-state index < -0.39 is 0 Å². The lowest BCUT2D eigenvalue weighted by atomic mass is 9.90. The summed E-state index contributed by atoms with van der Waals surface area (Å²) in [6.45, 7) is 3.28. The Morgan fingerprint density at radius 3 is 2.90 bits per heavy atom. The summed E-state index contributed by atoms with van der Waals surface area (Å²) < 4.78 is 15.8. The van der Waals surface area contributed by atoms with Crippen molar-refractivity contribution in [2.45, 2.75) is 50.6 Å². The Hall–Kier alpha value is -1.42. The second-order valence-corrected chi connectivity index (χ2v) is 6.39. The summed E-state index contributed by atoms with van der Waals surface area (Å²) in [4.78, 5) is 4.79. The lowest BCUT2D eigenvalue weighted by Gasteiger charge is -2.34. The molecule has 1 N–H and O–H groups in total. The molecule has 1 aromatic carbocycles. The second-order valence-electron chi connectivity index (χ2n) is 6.39. The molecule has 2 fully saturated rings. The molecule has 0 amide bonds. The van der Waals surface area contributed by atoms with Crippen LogP contribution < -0.4 is 5.32 Å². The van der Waals surface area contributed by atoms with Gasteiger partial charge in [0.05, 0.1) is 16.6 Å². The highest BCUT2D eigenvalue weighted by atomic mass is 19.1. The van der Waals surface area contributed by atoms with Gasteiger partial charge in [0.1, 0.15) is 11.6 Å². The molecule has 1 saturated heterocycles. The first-order valence-corrected chi connectivity index (χ1v) is 7.60. The quantitative estimate of drug-likeness (QED) is 0.907. The van der Waals surface area contributed by atoms with Gasteiger partial charge < -0.3 is 9.88 Å². The van der Waals surface area contributed by atoms with Crippen molar-refractivity contribution in [2.75, 3.05) is 6.54 Å². The Morgan fingerprint density at radius 2 is 2.20 bits per heavy atom. The molecule has 1 aliphatic heterocycles. The molecule has 4 heteroatoms. The summed E-state index contributed by atoms with van der Waals surface area (Å²) in [6, 6.07) is 5.54. The SMILES string of the molecule is CC1(c2nc3cc(F)ccc3n2C2CC2)CCCCN1. The number of piperidine rings is 1. The zero-order valence-corrected chi connectivity index (χ0v) is 11.8. The van der Waals surface area contributed by atoms with Crippen LogP contribution >= 0.6 is 0 Å². The van der Waals surface area contributed by atoms with Crippen molar-refractivity contribution in [1.82, 2.24) is 14.9 Å². The van der Waals surface area contributed by atoms with E-state index in [4.69, 9.17) is 4.98 Å². The number of halogens is 1. The van der Waals surface area contributed by atoms with Gasteiger partial charge in [-0.25, -0.2) is 9.37 Å². The molecule has 2 aromatic rings. The Labute approximate surface area is 118 Å². The van der Waals surface area contributed by atoms with E-state index in [0.29, 0.717) is 6.04 Å². The third kappa shape index (κ3) is 1.85. The average molecular weight is 273 g/mol. The van der Waals surface area contributed by atoms with Crippen LogP contribution in [0.25, 0.3) is 11.0 Å². The molecular formula is C16H20FN3. The summed E-state index contributed by atoms with van der Waals surface area (Å²) >= 11 is 0. The fraction of sp³-hybridized carbons (Fsp3) is 0.562. The molecule has 0 bridgehead atoms. The van der Waals surface area contributed by atoms with Crippen LogP contribution in [0.4, 0.5) is 4.39 Å². The van der Waals surface area contributed by atoms with Crippen LogP contribution in [-0.2, 0) is 5.54 Å². The highest BCUT2D eigenvalue weighted by Gasteiger charge is 2.37. The summed E-state index contributed by atoms with van der Waals surface area (Å²) in [5, 5.41) is 3.63. The molecule has 4 rings (SSSR count). The van der Waals surface area contributed by atoms with Crippen molar-refractivity contribution < 1.29 is 4.39 Å². The highest BCUT2D eigenvalue weighted by Crippen LogP contribution is 2.42. The molecule has 1 aromatic heterocycles. The molecule has 1 saturated carbocycles. The molecule has 0 radical (unpaired) electrons. The van der Waals surface area contributed by atoms with Gasteiger partial charge in [0.25, 0.3) is 0 Å². The predicted molar refractivity (Wildman–Crippen MR) is 77.2 cm³/mol. The van der Waals surface area contributed by atoms with Crippen molar-refractivity contribution in [2.24, 2.45) is 0 Å². The van der Waals surface area contributed by atoms with Crippen LogP contribution in [-0.4, -0.2) is 16.1 Å². The van der Waals surface area contributed by atoms with Crippen LogP contribution in [0.5, 0.6) is 0 Å². The van der Waals surface area contributed by atoms with E-state index in [9.17, 15) is 4.39 Å². The van der Waals surface area contributed by atoms with Gasteiger partial charge in [-0.1, -0.05) is 0 Å². The summed E-state index contributed by atoms with van der Waals surface area (Å²) in [6.07, 6.45) is 5.99. The number of aromatic nitrogens is 2. The minimum absolute atomic E-state index is 0.0731. The molecule has 2 heterocycles. The Balaban J connectivity index is 1.91. The molecule has 1 atom stereocenters. The van der Waals surface area contributed by atoms with E-state index in [1.54, 1.807) is 12.1 Å². The fourth-order valence-corrected chi connectivity index (χ4v) is 3.41. The van der Waals surface area contributed by atoms with E-state index in [2.05, 4.69) is 16.8 Å². The molecule has 20 heavy (non-hydrogen) atoms. The van der Waals surface area contributed by atoms with Crippen LogP contribution in [0.3, 0.4) is 0 Å². The molecule has 1 unspecified atom stereocenters. The molecule has 2 aliphatic rings. The predicted octanol–water partition coefficient (Wildman–Crippen LogP) is 3.50. The Bertz CT molecular complexity index is 651. The van der Waals surface area contributed by atoms with Gasteiger partial charge in [-0.15, -0.1) is 0 Å². The second kappa shape index (κ2) is 4.29. The smallest absolute Gasteiger partial charge is 0.130 e. The lowest BCUT2D eigenvalue weighted by molar-refractivity contribution is 0.261. The molecule has 106 valence electrons. The zero-order chi connectivity index (χ0) is 13.7. The molecular weight excluding hydrogens is 253 g/mol. The summed E-state index contributed by atoms with van der Waals surface area (Å²) in [5.41, 5.74) is 1.80. The van der Waals surface area contributed by atoms with Crippen molar-refractivity contribution in [3.8, 4) is 0 Å². The molecule has 1 aliphatic carbocycles. The number of hydrogen-bond donors (Lipinski definition) is 1. The van der Waals surface area contributed by atoms with Crippen molar-refractivity contribution in [3.05, 3.63) is 29.8 Å². The summed E-state index contributed by atoms with van der Waals surface area (Å²) in [5.74, 6) is 0.895. The average Bonchev–Trinajstić information content (AvgIpc) is 3.20. The van der Waals surface area contributed by atoms with Gasteiger partial charge in [-0.05, 0) is 57.7 Å². The van der Waals surface area contributed by atoms with Crippen molar-refractivity contribution >= 4 is 11.0 Å². The number of benzene rings is 1. The van der Waals surface area contributed by atoms with Gasteiger partial charge in [0.2, 0.25) is 0 Å². The first-order chi connectivity index (χ1) is 9.67. The Kier molecular flexibility index (Phi) is 2.64. The number of rotatable bonds is 2. The first kappa shape index (κ1) is 12.3. The zero-order valence-electron chi connectivity index (χ0n) is 11.8. The topological polar surface area (TPSA) is 29.9 Å². The summed E-state index contributed by atoms with van der Waals surface area (Å²) in [7, 11) is 0. The first-order valence-electron chi connectivity index (χ1n) is 7.60. The molecule has 0 spiro atoms. The van der Waals surface area contributed by atoms with Gasteiger partial charge in [-0.3, -0.25) is 0 Å². The number of nitrogens with zero attached hydrogens (tertiary/aromatic N) is 2. The van der Waals surface area contributed by atoms with Gasteiger partial charge in [0.15, 0.2) is 0 Å². The fourth-order valence-electron chi connectivity index (χ4n) is 3.41. The maximum atomic E-state index is 13.5. The highest BCUT2D eigenvalue weighted by molar-refractivity contribution is 5.76. The Morgan fingerprint density at radius 1 is 1.35 bits per heavy atom. The van der Waals surface area contributed by atoms with Crippen molar-refractivity contribution in [3.63, 3.8) is 0 Å². The normalized spacial score (nSPS) is 27.1. The maximum Gasteiger partial charge on any atom is 0.130 e. The minimum atomic E-state index is -0.203. The van der Waals surface area contributed by atoms with Gasteiger partial charge >= 0.3 is 0 Å². The standard InChI is InChI=1S/C16H20FN3/c1-16(8-2-3-9-18-16)15-19-13-10-11(17)4-7-14(13)20(15)12-5-6-12/h4,7,10,12,18H,2-3,5-6,8-9H2,1H3. The van der Waals surface area contributed by atoms with Gasteiger partial charge in [0, 0.05) is 12.1 Å². The van der Waals surface area contributed by atoms with E-state index in [1.165, 1.54) is 25.7 Å². The number of imidazole rings is 1.